The topological polar surface area (TPSA) is 63.7 Å². The fourth-order valence-electron chi connectivity index (χ4n) is 2.94. The molecule has 0 fully saturated rings. The predicted molar refractivity (Wildman–Crippen MR) is 100 cm³/mol. The quantitative estimate of drug-likeness (QED) is 0.404. The van der Waals surface area contributed by atoms with Gasteiger partial charge in [0.15, 0.2) is 0 Å². The first kappa shape index (κ1) is 16.7. The van der Waals surface area contributed by atoms with Crippen LogP contribution in [0, 0.1) is 6.92 Å². The molecule has 1 aliphatic heterocycles. The Hall–Kier alpha value is -3.73. The number of hydrogen-bond donors (Lipinski definition) is 0. The molecule has 132 valence electrons. The molecule has 0 spiro atoms. The number of ether oxygens (including phenoxy) is 1. The Labute approximate surface area is 155 Å². The van der Waals surface area contributed by atoms with Gasteiger partial charge in [0, 0.05) is 0 Å². The van der Waals surface area contributed by atoms with Gasteiger partial charge in [-0.1, -0.05) is 29.8 Å². The maximum atomic E-state index is 12.5. The molecule has 4 rings (SSSR count). The minimum absolute atomic E-state index is 0.330. The number of aryl methyl sites for hydroxylation is 1. The first-order chi connectivity index (χ1) is 13.0. The maximum Gasteiger partial charge on any atom is 0.343 e. The summed E-state index contributed by atoms with van der Waals surface area (Å²) in [5.74, 6) is -0.793. The number of hydrogen-bond acceptors (Lipinski definition) is 4. The summed E-state index contributed by atoms with van der Waals surface area (Å²) >= 11 is 0. The number of imide groups is 1. The summed E-state index contributed by atoms with van der Waals surface area (Å²) in [6.07, 6.45) is 0. The van der Waals surface area contributed by atoms with E-state index in [1.165, 1.54) is 12.1 Å². The number of anilines is 1. The Morgan fingerprint density at radius 2 is 1.33 bits per heavy atom. The number of benzene rings is 3. The summed E-state index contributed by atoms with van der Waals surface area (Å²) in [5, 5.41) is 0. The lowest BCUT2D eigenvalue weighted by Gasteiger charge is -2.14. The molecule has 2 amide bonds. The minimum Gasteiger partial charge on any atom is -0.423 e. The molecule has 0 atom stereocenters. The van der Waals surface area contributed by atoms with Crippen molar-refractivity contribution >= 4 is 23.5 Å². The van der Waals surface area contributed by atoms with E-state index in [1.54, 1.807) is 48.5 Å². The van der Waals surface area contributed by atoms with Crippen molar-refractivity contribution in [3.8, 4) is 5.75 Å². The molecule has 5 nitrogen and oxygen atoms in total. The van der Waals surface area contributed by atoms with Crippen LogP contribution in [0.15, 0.2) is 72.8 Å². The van der Waals surface area contributed by atoms with Gasteiger partial charge >= 0.3 is 5.97 Å². The zero-order valence-electron chi connectivity index (χ0n) is 14.5. The monoisotopic (exact) mass is 357 g/mol. The van der Waals surface area contributed by atoms with Crippen LogP contribution in [0.5, 0.6) is 5.75 Å². The average molecular weight is 357 g/mol. The second-order valence-corrected chi connectivity index (χ2v) is 6.24. The van der Waals surface area contributed by atoms with Crippen molar-refractivity contribution in [2.24, 2.45) is 0 Å². The van der Waals surface area contributed by atoms with E-state index in [4.69, 9.17) is 4.74 Å². The number of rotatable bonds is 3. The van der Waals surface area contributed by atoms with Crippen molar-refractivity contribution in [2.45, 2.75) is 6.92 Å². The highest BCUT2D eigenvalue weighted by molar-refractivity contribution is 6.34. The van der Waals surface area contributed by atoms with E-state index in [9.17, 15) is 14.4 Å². The summed E-state index contributed by atoms with van der Waals surface area (Å²) in [6.45, 7) is 1.95. The van der Waals surface area contributed by atoms with Gasteiger partial charge in [0.1, 0.15) is 5.75 Å². The Morgan fingerprint density at radius 3 is 1.89 bits per heavy atom. The molecule has 0 saturated heterocycles. The molecule has 1 heterocycles. The van der Waals surface area contributed by atoms with E-state index in [-0.39, 0.29) is 11.8 Å². The normalized spacial score (nSPS) is 12.9. The van der Waals surface area contributed by atoms with Crippen molar-refractivity contribution in [2.75, 3.05) is 4.90 Å². The number of carbonyl (C=O) groups excluding carboxylic acids is 3. The number of esters is 1. The smallest absolute Gasteiger partial charge is 0.343 e. The van der Waals surface area contributed by atoms with E-state index in [2.05, 4.69) is 0 Å². The van der Waals surface area contributed by atoms with Gasteiger partial charge in [-0.3, -0.25) is 9.59 Å². The summed E-state index contributed by atoms with van der Waals surface area (Å²) < 4.78 is 5.33. The number of fused-ring (bicyclic) bond motifs is 1. The molecule has 0 saturated carbocycles. The molecule has 1 aliphatic rings. The van der Waals surface area contributed by atoms with Crippen molar-refractivity contribution < 1.29 is 19.1 Å². The number of carbonyl (C=O) groups is 3. The third kappa shape index (κ3) is 3.00. The Kier molecular flexibility index (Phi) is 4.05. The lowest BCUT2D eigenvalue weighted by molar-refractivity contribution is 0.0734. The predicted octanol–water partition coefficient (Wildman–Crippen LogP) is 4.01. The zero-order valence-corrected chi connectivity index (χ0v) is 14.5. The van der Waals surface area contributed by atoms with E-state index in [0.29, 0.717) is 28.1 Å². The highest BCUT2D eigenvalue weighted by Gasteiger charge is 2.36. The van der Waals surface area contributed by atoms with Crippen LogP contribution in [0.4, 0.5) is 5.69 Å². The molecule has 27 heavy (non-hydrogen) atoms. The van der Waals surface area contributed by atoms with Crippen molar-refractivity contribution in [1.82, 2.24) is 0 Å². The van der Waals surface area contributed by atoms with Gasteiger partial charge in [0.05, 0.1) is 22.4 Å². The molecule has 0 aromatic heterocycles. The molecule has 3 aromatic rings. The lowest BCUT2D eigenvalue weighted by atomic mass is 10.1. The van der Waals surface area contributed by atoms with Gasteiger partial charge < -0.3 is 4.74 Å². The van der Waals surface area contributed by atoms with Gasteiger partial charge in [-0.25, -0.2) is 9.69 Å². The third-order valence-corrected chi connectivity index (χ3v) is 4.39. The zero-order chi connectivity index (χ0) is 19.0. The average Bonchev–Trinajstić information content (AvgIpc) is 2.95. The van der Waals surface area contributed by atoms with Crippen LogP contribution >= 0.6 is 0 Å². The Morgan fingerprint density at radius 1 is 0.778 bits per heavy atom. The number of nitrogens with zero attached hydrogens (tertiary/aromatic N) is 1. The second-order valence-electron chi connectivity index (χ2n) is 6.24. The van der Waals surface area contributed by atoms with Crippen LogP contribution in [-0.2, 0) is 0 Å². The van der Waals surface area contributed by atoms with Crippen molar-refractivity contribution in [3.05, 3.63) is 95.1 Å². The Bertz CT molecular complexity index is 1020. The Balaban J connectivity index is 1.54. The standard InChI is InChI=1S/C22H15NO4/c1-14-6-12-17(13-7-14)27-22(26)15-8-10-16(11-9-15)23-20(24)18-4-2-3-5-19(18)21(23)25/h2-13H,1H3. The maximum absolute atomic E-state index is 12.5. The van der Waals surface area contributed by atoms with E-state index >= 15 is 0 Å². The van der Waals surface area contributed by atoms with Gasteiger partial charge in [0.25, 0.3) is 11.8 Å². The van der Waals surface area contributed by atoms with Crippen LogP contribution in [0.3, 0.4) is 0 Å². The molecule has 0 unspecified atom stereocenters. The summed E-state index contributed by atoms with van der Waals surface area (Å²) in [7, 11) is 0. The molecule has 5 heteroatoms. The summed E-state index contributed by atoms with van der Waals surface area (Å²) in [5.41, 5.74) is 2.57. The largest absolute Gasteiger partial charge is 0.423 e. The molecule has 0 N–H and O–H groups in total. The fourth-order valence-corrected chi connectivity index (χ4v) is 2.94. The second kappa shape index (κ2) is 6.53. The van der Waals surface area contributed by atoms with E-state index in [1.807, 2.05) is 19.1 Å². The molecule has 0 aliphatic carbocycles. The first-order valence-electron chi connectivity index (χ1n) is 8.41. The van der Waals surface area contributed by atoms with Crippen LogP contribution < -0.4 is 9.64 Å². The van der Waals surface area contributed by atoms with Gasteiger partial charge in [-0.15, -0.1) is 0 Å². The van der Waals surface area contributed by atoms with Crippen LogP contribution in [0.2, 0.25) is 0 Å². The van der Waals surface area contributed by atoms with Gasteiger partial charge in [-0.2, -0.15) is 0 Å². The molecular formula is C22H15NO4. The summed E-state index contributed by atoms with van der Waals surface area (Å²) in [6, 6.07) is 20.1. The number of amides is 2. The van der Waals surface area contributed by atoms with Gasteiger partial charge in [0.2, 0.25) is 0 Å². The van der Waals surface area contributed by atoms with Crippen LogP contribution in [0.25, 0.3) is 0 Å². The first-order valence-corrected chi connectivity index (χ1v) is 8.41. The van der Waals surface area contributed by atoms with E-state index < -0.39 is 5.97 Å². The van der Waals surface area contributed by atoms with E-state index in [0.717, 1.165) is 10.5 Å². The fraction of sp³-hybridized carbons (Fsp3) is 0.0455. The minimum atomic E-state index is -0.507. The SMILES string of the molecule is Cc1ccc(OC(=O)c2ccc(N3C(=O)c4ccccc4C3=O)cc2)cc1. The lowest BCUT2D eigenvalue weighted by Crippen LogP contribution is -2.29. The van der Waals surface area contributed by atoms with Crippen LogP contribution in [-0.4, -0.2) is 17.8 Å². The molecule has 0 radical (unpaired) electrons. The summed E-state index contributed by atoms with van der Waals surface area (Å²) in [4.78, 5) is 38.4. The highest BCUT2D eigenvalue weighted by atomic mass is 16.5. The van der Waals surface area contributed by atoms with Crippen molar-refractivity contribution in [3.63, 3.8) is 0 Å². The van der Waals surface area contributed by atoms with Crippen LogP contribution in [0.1, 0.15) is 36.6 Å². The molecule has 3 aromatic carbocycles. The molecule has 0 bridgehead atoms. The highest BCUT2D eigenvalue weighted by Crippen LogP contribution is 2.28. The third-order valence-electron chi connectivity index (χ3n) is 4.39. The molecular weight excluding hydrogens is 342 g/mol. The van der Waals surface area contributed by atoms with Crippen molar-refractivity contribution in [1.29, 1.82) is 0 Å². The van der Waals surface area contributed by atoms with Gasteiger partial charge in [-0.05, 0) is 55.5 Å².